The Morgan fingerprint density at radius 3 is 2.71 bits per heavy atom. The molecule has 0 atom stereocenters. The van der Waals surface area contributed by atoms with E-state index in [9.17, 15) is 4.79 Å². The summed E-state index contributed by atoms with van der Waals surface area (Å²) in [6.07, 6.45) is 0. The summed E-state index contributed by atoms with van der Waals surface area (Å²) in [6.45, 7) is 5.44. The Labute approximate surface area is 164 Å². The van der Waals surface area contributed by atoms with E-state index < -0.39 is 0 Å². The van der Waals surface area contributed by atoms with Crippen molar-refractivity contribution in [2.75, 3.05) is 46.4 Å². The van der Waals surface area contributed by atoms with E-state index in [0.29, 0.717) is 23.6 Å². The van der Waals surface area contributed by atoms with Crippen LogP contribution in [-0.2, 0) is 0 Å². The zero-order valence-electron chi connectivity index (χ0n) is 16.0. The molecule has 0 bridgehead atoms. The van der Waals surface area contributed by atoms with Gasteiger partial charge >= 0.3 is 0 Å². The summed E-state index contributed by atoms with van der Waals surface area (Å²) in [6, 6.07) is 15.5. The lowest BCUT2D eigenvalue weighted by Crippen LogP contribution is -2.46. The molecule has 1 saturated heterocycles. The maximum absolute atomic E-state index is 12.9. The highest BCUT2D eigenvalue weighted by molar-refractivity contribution is 6.08. The van der Waals surface area contributed by atoms with Crippen LogP contribution in [0.1, 0.15) is 10.6 Å². The molecule has 0 saturated carbocycles. The van der Waals surface area contributed by atoms with Gasteiger partial charge in [-0.25, -0.2) is 0 Å². The molecular weight excluding hydrogens is 354 g/mol. The van der Waals surface area contributed by atoms with Crippen LogP contribution in [0.4, 0.5) is 0 Å². The number of methoxy groups -OCH3 is 1. The number of nitrogens with one attached hydrogen (secondary N) is 2. The van der Waals surface area contributed by atoms with Crippen LogP contribution in [0, 0.1) is 0 Å². The molecule has 6 heteroatoms. The maximum Gasteiger partial charge on any atom is 0.287 e. The van der Waals surface area contributed by atoms with E-state index in [1.807, 2.05) is 48.5 Å². The Balaban J connectivity index is 1.60. The molecule has 0 unspecified atom stereocenters. The number of nitrogens with zero attached hydrogens (tertiary/aromatic N) is 1. The number of fused-ring (bicyclic) bond motifs is 1. The van der Waals surface area contributed by atoms with Gasteiger partial charge in [-0.1, -0.05) is 30.3 Å². The minimum atomic E-state index is -0.191. The monoisotopic (exact) mass is 379 g/mol. The second-order valence-electron chi connectivity index (χ2n) is 6.88. The van der Waals surface area contributed by atoms with Gasteiger partial charge in [-0.05, 0) is 17.7 Å². The number of carbonyl (C=O) groups is 1. The quantitative estimate of drug-likeness (QED) is 0.689. The van der Waals surface area contributed by atoms with Gasteiger partial charge in [0, 0.05) is 56.3 Å². The zero-order chi connectivity index (χ0) is 19.3. The number of carbonyl (C=O) groups excluding carboxylic acids is 1. The number of rotatable bonds is 6. The Hall–Kier alpha value is -2.83. The molecule has 1 fully saturated rings. The van der Waals surface area contributed by atoms with Crippen LogP contribution in [0.25, 0.3) is 22.1 Å². The smallest absolute Gasteiger partial charge is 0.287 e. The van der Waals surface area contributed by atoms with Gasteiger partial charge in [0.05, 0.1) is 7.11 Å². The number of hydrogen-bond donors (Lipinski definition) is 2. The molecule has 2 N–H and O–H groups in total. The molecule has 1 aliphatic rings. The van der Waals surface area contributed by atoms with Gasteiger partial charge in [-0.2, -0.15) is 0 Å². The summed E-state index contributed by atoms with van der Waals surface area (Å²) in [7, 11) is 1.62. The molecule has 146 valence electrons. The minimum Gasteiger partial charge on any atom is -0.497 e. The molecule has 4 rings (SSSR count). The Kier molecular flexibility index (Phi) is 5.60. The molecule has 6 nitrogen and oxygen atoms in total. The zero-order valence-corrected chi connectivity index (χ0v) is 16.0. The van der Waals surface area contributed by atoms with E-state index in [1.54, 1.807) is 7.11 Å². The van der Waals surface area contributed by atoms with Crippen LogP contribution in [0.3, 0.4) is 0 Å². The van der Waals surface area contributed by atoms with Gasteiger partial charge in [0.15, 0.2) is 0 Å². The summed E-state index contributed by atoms with van der Waals surface area (Å²) in [4.78, 5) is 15.3. The topological polar surface area (TPSA) is 66.7 Å². The summed E-state index contributed by atoms with van der Waals surface area (Å²) < 4.78 is 11.3. The van der Waals surface area contributed by atoms with E-state index in [4.69, 9.17) is 9.15 Å². The summed E-state index contributed by atoms with van der Waals surface area (Å²) >= 11 is 0. The first-order valence-electron chi connectivity index (χ1n) is 9.63. The average Bonchev–Trinajstić information content (AvgIpc) is 3.13. The molecule has 3 aromatic rings. The molecule has 2 heterocycles. The normalized spacial score (nSPS) is 14.9. The van der Waals surface area contributed by atoms with Gasteiger partial charge in [-0.15, -0.1) is 0 Å². The van der Waals surface area contributed by atoms with Crippen LogP contribution in [-0.4, -0.2) is 57.2 Å². The van der Waals surface area contributed by atoms with Gasteiger partial charge in [-0.3, -0.25) is 9.69 Å². The van der Waals surface area contributed by atoms with Gasteiger partial charge < -0.3 is 19.8 Å². The maximum atomic E-state index is 12.9. The fourth-order valence-corrected chi connectivity index (χ4v) is 3.60. The number of ether oxygens (including phenoxy) is 1. The Morgan fingerprint density at radius 1 is 1.18 bits per heavy atom. The van der Waals surface area contributed by atoms with Crippen LogP contribution < -0.4 is 15.4 Å². The summed E-state index contributed by atoms with van der Waals surface area (Å²) in [5, 5.41) is 7.26. The third-order valence-corrected chi connectivity index (χ3v) is 5.09. The summed E-state index contributed by atoms with van der Waals surface area (Å²) in [5.74, 6) is 0.852. The van der Waals surface area contributed by atoms with Gasteiger partial charge in [0.2, 0.25) is 5.76 Å². The molecule has 1 aromatic heterocycles. The first kappa shape index (κ1) is 18.5. The van der Waals surface area contributed by atoms with Crippen LogP contribution in [0.15, 0.2) is 52.9 Å². The third-order valence-electron chi connectivity index (χ3n) is 5.09. The SMILES string of the molecule is COc1ccc2c(-c3ccccc3)c(C(=O)NCCN3CCNCC3)oc2c1. The predicted octanol–water partition coefficient (Wildman–Crippen LogP) is 2.74. The van der Waals surface area contributed by atoms with Crippen LogP contribution >= 0.6 is 0 Å². The van der Waals surface area contributed by atoms with Crippen molar-refractivity contribution in [2.45, 2.75) is 0 Å². The fourth-order valence-electron chi connectivity index (χ4n) is 3.60. The fraction of sp³-hybridized carbons (Fsp3) is 0.318. The molecular formula is C22H25N3O3. The highest BCUT2D eigenvalue weighted by Crippen LogP contribution is 2.36. The highest BCUT2D eigenvalue weighted by Gasteiger charge is 2.22. The van der Waals surface area contributed by atoms with Crippen LogP contribution in [0.2, 0.25) is 0 Å². The predicted molar refractivity (Wildman–Crippen MR) is 110 cm³/mol. The molecule has 0 radical (unpaired) electrons. The van der Waals surface area contributed by atoms with Crippen molar-refractivity contribution in [3.63, 3.8) is 0 Å². The van der Waals surface area contributed by atoms with Gasteiger partial charge in [0.1, 0.15) is 11.3 Å². The Bertz CT molecular complexity index is 946. The van der Waals surface area contributed by atoms with Crippen molar-refractivity contribution in [1.82, 2.24) is 15.5 Å². The lowest BCUT2D eigenvalue weighted by molar-refractivity contribution is 0.0922. The number of benzene rings is 2. The number of furan rings is 1. The van der Waals surface area contributed by atoms with E-state index in [2.05, 4.69) is 15.5 Å². The molecule has 0 aliphatic carbocycles. The van der Waals surface area contributed by atoms with Gasteiger partial charge in [0.25, 0.3) is 5.91 Å². The van der Waals surface area contributed by atoms with Crippen molar-refractivity contribution in [1.29, 1.82) is 0 Å². The standard InChI is InChI=1S/C22H25N3O3/c1-27-17-7-8-18-19(15-17)28-21(20(18)16-5-3-2-4-6-16)22(26)24-11-14-25-12-9-23-10-13-25/h2-8,15,23H,9-14H2,1H3,(H,24,26). The van der Waals surface area contributed by atoms with Crippen molar-refractivity contribution >= 4 is 16.9 Å². The van der Waals surface area contributed by atoms with Crippen molar-refractivity contribution in [2.24, 2.45) is 0 Å². The first-order valence-corrected chi connectivity index (χ1v) is 9.63. The highest BCUT2D eigenvalue weighted by atomic mass is 16.5. The van der Waals surface area contributed by atoms with Crippen LogP contribution in [0.5, 0.6) is 5.75 Å². The largest absolute Gasteiger partial charge is 0.497 e. The van der Waals surface area contributed by atoms with Crippen molar-refractivity contribution < 1.29 is 13.9 Å². The van der Waals surface area contributed by atoms with E-state index in [-0.39, 0.29) is 5.91 Å². The second kappa shape index (κ2) is 8.46. The number of amides is 1. The van der Waals surface area contributed by atoms with E-state index in [1.165, 1.54) is 0 Å². The Morgan fingerprint density at radius 2 is 1.96 bits per heavy atom. The van der Waals surface area contributed by atoms with Crippen molar-refractivity contribution in [3.8, 4) is 16.9 Å². The van der Waals surface area contributed by atoms with E-state index >= 15 is 0 Å². The third kappa shape index (κ3) is 3.88. The van der Waals surface area contributed by atoms with E-state index in [0.717, 1.165) is 49.2 Å². The molecule has 28 heavy (non-hydrogen) atoms. The minimum absolute atomic E-state index is 0.191. The molecule has 0 spiro atoms. The second-order valence-corrected chi connectivity index (χ2v) is 6.88. The molecule has 2 aromatic carbocycles. The van der Waals surface area contributed by atoms with Crippen molar-refractivity contribution in [3.05, 3.63) is 54.3 Å². The molecule has 1 aliphatic heterocycles. The lowest BCUT2D eigenvalue weighted by Gasteiger charge is -2.27. The molecule has 1 amide bonds. The lowest BCUT2D eigenvalue weighted by atomic mass is 10.0. The number of piperazine rings is 1. The first-order chi connectivity index (χ1) is 13.8. The average molecular weight is 379 g/mol. The number of hydrogen-bond acceptors (Lipinski definition) is 5. The summed E-state index contributed by atoms with van der Waals surface area (Å²) in [5.41, 5.74) is 2.42.